The smallest absolute Gasteiger partial charge is 0.314 e. The number of ether oxygens (including phenoxy) is 1. The normalized spacial score (nSPS) is 21.4. The van der Waals surface area contributed by atoms with E-state index < -0.39 is 0 Å². The summed E-state index contributed by atoms with van der Waals surface area (Å²) in [5.74, 6) is 0. The van der Waals surface area contributed by atoms with Gasteiger partial charge in [-0.25, -0.2) is 9.78 Å². The van der Waals surface area contributed by atoms with E-state index >= 15 is 0 Å². The zero-order valence-corrected chi connectivity index (χ0v) is 14.9. The Balaban J connectivity index is 1.33. The average molecular weight is 345 g/mol. The van der Waals surface area contributed by atoms with Gasteiger partial charge in [0.1, 0.15) is 5.65 Å². The Kier molecular flexibility index (Phi) is 5.88. The van der Waals surface area contributed by atoms with E-state index in [1.807, 2.05) is 35.0 Å². The third-order valence-electron chi connectivity index (χ3n) is 4.29. The molecule has 2 amide bonds. The molecule has 2 N–H and O–H groups in total. The Labute approximate surface area is 148 Å². The zero-order valence-electron chi connectivity index (χ0n) is 14.9. The van der Waals surface area contributed by atoms with Gasteiger partial charge in [-0.05, 0) is 26.0 Å². The van der Waals surface area contributed by atoms with Crippen LogP contribution in [0.3, 0.4) is 0 Å². The molecule has 0 aliphatic carbocycles. The number of amides is 2. The summed E-state index contributed by atoms with van der Waals surface area (Å²) in [6.45, 7) is 8.06. The van der Waals surface area contributed by atoms with Crippen LogP contribution in [0, 0.1) is 0 Å². The maximum atomic E-state index is 11.9. The van der Waals surface area contributed by atoms with Crippen LogP contribution in [0.1, 0.15) is 19.5 Å². The second kappa shape index (κ2) is 8.31. The minimum absolute atomic E-state index is 0.127. The maximum Gasteiger partial charge on any atom is 0.314 e. The summed E-state index contributed by atoms with van der Waals surface area (Å²) in [5.41, 5.74) is 1.90. The summed E-state index contributed by atoms with van der Waals surface area (Å²) in [4.78, 5) is 18.7. The van der Waals surface area contributed by atoms with Crippen molar-refractivity contribution in [3.8, 4) is 0 Å². The minimum atomic E-state index is -0.127. The molecule has 0 saturated carbocycles. The minimum Gasteiger partial charge on any atom is -0.373 e. The Morgan fingerprint density at radius 2 is 2.00 bits per heavy atom. The molecular weight excluding hydrogens is 318 g/mol. The van der Waals surface area contributed by atoms with Gasteiger partial charge in [0.2, 0.25) is 0 Å². The Bertz CT molecular complexity index is 659. The van der Waals surface area contributed by atoms with Gasteiger partial charge in [0.15, 0.2) is 0 Å². The van der Waals surface area contributed by atoms with E-state index in [-0.39, 0.29) is 18.2 Å². The fraction of sp³-hybridized carbons (Fsp3) is 0.556. The van der Waals surface area contributed by atoms with Crippen molar-refractivity contribution in [3.05, 3.63) is 36.3 Å². The number of rotatable bonds is 6. The topological polar surface area (TPSA) is 70.9 Å². The highest BCUT2D eigenvalue weighted by atomic mass is 16.5. The molecule has 1 aliphatic rings. The highest BCUT2D eigenvalue weighted by molar-refractivity contribution is 5.73. The maximum absolute atomic E-state index is 11.9. The number of pyridine rings is 1. The number of urea groups is 1. The molecule has 0 radical (unpaired) electrons. The lowest BCUT2D eigenvalue weighted by Gasteiger charge is -2.35. The predicted molar refractivity (Wildman–Crippen MR) is 96.7 cm³/mol. The molecule has 0 aromatic carbocycles. The molecule has 1 aliphatic heterocycles. The molecule has 3 heterocycles. The van der Waals surface area contributed by atoms with E-state index in [9.17, 15) is 4.79 Å². The number of aromatic nitrogens is 2. The Morgan fingerprint density at radius 3 is 2.76 bits per heavy atom. The van der Waals surface area contributed by atoms with Crippen molar-refractivity contribution in [2.45, 2.75) is 32.5 Å². The van der Waals surface area contributed by atoms with Crippen LogP contribution in [0.15, 0.2) is 30.6 Å². The fourth-order valence-corrected chi connectivity index (χ4v) is 3.27. The van der Waals surface area contributed by atoms with Gasteiger partial charge in [-0.1, -0.05) is 6.07 Å². The second-order valence-electron chi connectivity index (χ2n) is 6.65. The molecule has 1 fully saturated rings. The van der Waals surface area contributed by atoms with Gasteiger partial charge in [0, 0.05) is 51.5 Å². The Hall–Kier alpha value is -2.12. The number of fused-ring (bicyclic) bond motifs is 1. The predicted octanol–water partition coefficient (Wildman–Crippen LogP) is 1.29. The van der Waals surface area contributed by atoms with Gasteiger partial charge < -0.3 is 19.8 Å². The number of morpholine rings is 1. The van der Waals surface area contributed by atoms with E-state index in [1.165, 1.54) is 0 Å². The van der Waals surface area contributed by atoms with Crippen LogP contribution in [-0.2, 0) is 11.2 Å². The van der Waals surface area contributed by atoms with Gasteiger partial charge in [0.25, 0.3) is 0 Å². The number of nitrogens with zero attached hydrogens (tertiary/aromatic N) is 3. The highest BCUT2D eigenvalue weighted by Crippen LogP contribution is 2.09. The lowest BCUT2D eigenvalue weighted by Crippen LogP contribution is -2.48. The number of carbonyl (C=O) groups is 1. The summed E-state index contributed by atoms with van der Waals surface area (Å²) in [5, 5.41) is 5.80. The molecule has 2 aromatic heterocycles. The van der Waals surface area contributed by atoms with Crippen molar-refractivity contribution < 1.29 is 9.53 Å². The van der Waals surface area contributed by atoms with Gasteiger partial charge in [-0.2, -0.15) is 0 Å². The lowest BCUT2D eigenvalue weighted by molar-refractivity contribution is -0.0672. The lowest BCUT2D eigenvalue weighted by atomic mass is 10.2. The monoisotopic (exact) mass is 345 g/mol. The average Bonchev–Trinajstić information content (AvgIpc) is 2.96. The van der Waals surface area contributed by atoms with Crippen molar-refractivity contribution in [1.82, 2.24) is 24.9 Å². The van der Waals surface area contributed by atoms with Crippen LogP contribution in [-0.4, -0.2) is 65.2 Å². The summed E-state index contributed by atoms with van der Waals surface area (Å²) in [7, 11) is 0. The first-order valence-corrected chi connectivity index (χ1v) is 8.92. The summed E-state index contributed by atoms with van der Waals surface area (Å²) in [6.07, 6.45) is 5.19. The van der Waals surface area contributed by atoms with Crippen molar-refractivity contribution in [3.63, 3.8) is 0 Å². The standard InChI is InChI=1S/C18H27N5O2/c1-14-11-22(12-15(2)25-14)10-8-20-18(24)19-7-6-16-13-23-9-4-3-5-17(23)21-16/h3-5,9,13-15H,6-8,10-12H2,1-2H3,(H2,19,20,24)/t14-,15+. The molecule has 0 spiro atoms. The van der Waals surface area contributed by atoms with E-state index in [0.717, 1.165) is 31.0 Å². The molecule has 7 nitrogen and oxygen atoms in total. The number of carbonyl (C=O) groups excluding carboxylic acids is 1. The van der Waals surface area contributed by atoms with Crippen LogP contribution in [0.5, 0.6) is 0 Å². The summed E-state index contributed by atoms with van der Waals surface area (Å²) >= 11 is 0. The first-order chi connectivity index (χ1) is 12.1. The van der Waals surface area contributed by atoms with Crippen molar-refractivity contribution in [2.75, 3.05) is 32.7 Å². The van der Waals surface area contributed by atoms with Gasteiger partial charge >= 0.3 is 6.03 Å². The summed E-state index contributed by atoms with van der Waals surface area (Å²) in [6, 6.07) is 5.78. The van der Waals surface area contributed by atoms with Crippen LogP contribution >= 0.6 is 0 Å². The molecule has 3 rings (SSSR count). The van der Waals surface area contributed by atoms with Crippen LogP contribution in [0.2, 0.25) is 0 Å². The number of hydrogen-bond acceptors (Lipinski definition) is 4. The van der Waals surface area contributed by atoms with E-state index in [0.29, 0.717) is 19.5 Å². The van der Waals surface area contributed by atoms with Crippen LogP contribution in [0.4, 0.5) is 4.79 Å². The SMILES string of the molecule is C[C@@H]1CN(CCNC(=O)NCCc2cn3ccccc3n2)C[C@H](C)O1. The highest BCUT2D eigenvalue weighted by Gasteiger charge is 2.21. The number of imidazole rings is 1. The van der Waals surface area contributed by atoms with Crippen LogP contribution in [0.25, 0.3) is 5.65 Å². The fourth-order valence-electron chi connectivity index (χ4n) is 3.27. The van der Waals surface area contributed by atoms with Crippen molar-refractivity contribution in [1.29, 1.82) is 0 Å². The third-order valence-corrected chi connectivity index (χ3v) is 4.29. The first kappa shape index (κ1) is 17.7. The number of hydrogen-bond donors (Lipinski definition) is 2. The van der Waals surface area contributed by atoms with Crippen molar-refractivity contribution in [2.24, 2.45) is 0 Å². The molecule has 25 heavy (non-hydrogen) atoms. The van der Waals surface area contributed by atoms with E-state index in [4.69, 9.17) is 4.74 Å². The quantitative estimate of drug-likeness (QED) is 0.828. The zero-order chi connectivity index (χ0) is 17.6. The molecule has 0 bridgehead atoms. The largest absolute Gasteiger partial charge is 0.373 e. The van der Waals surface area contributed by atoms with Gasteiger partial charge in [-0.3, -0.25) is 4.90 Å². The molecule has 0 unspecified atom stereocenters. The first-order valence-electron chi connectivity index (χ1n) is 8.92. The molecule has 2 atom stereocenters. The van der Waals surface area contributed by atoms with Gasteiger partial charge in [-0.15, -0.1) is 0 Å². The molecule has 136 valence electrons. The molecule has 2 aromatic rings. The molecular formula is C18H27N5O2. The van der Waals surface area contributed by atoms with Crippen LogP contribution < -0.4 is 10.6 Å². The molecule has 7 heteroatoms. The van der Waals surface area contributed by atoms with Gasteiger partial charge in [0.05, 0.1) is 17.9 Å². The third kappa shape index (κ3) is 5.17. The van der Waals surface area contributed by atoms with E-state index in [1.54, 1.807) is 0 Å². The Morgan fingerprint density at radius 1 is 1.24 bits per heavy atom. The number of nitrogens with one attached hydrogen (secondary N) is 2. The van der Waals surface area contributed by atoms with Crippen molar-refractivity contribution >= 4 is 11.7 Å². The van der Waals surface area contributed by atoms with E-state index in [2.05, 4.69) is 34.4 Å². The summed E-state index contributed by atoms with van der Waals surface area (Å²) < 4.78 is 7.70. The molecule has 1 saturated heterocycles. The second-order valence-corrected chi connectivity index (χ2v) is 6.65.